The third-order valence-electron chi connectivity index (χ3n) is 3.51. The Hall–Kier alpha value is -2.02. The van der Waals surface area contributed by atoms with Crippen LogP contribution in [0.5, 0.6) is 0 Å². The van der Waals surface area contributed by atoms with E-state index in [1.807, 2.05) is 30.3 Å². The monoisotopic (exact) mass is 309 g/mol. The number of hydrogen-bond acceptors (Lipinski definition) is 4. The van der Waals surface area contributed by atoms with E-state index in [9.17, 15) is 13.2 Å². The maximum Gasteiger partial charge on any atom is 0.290 e. The molecule has 0 saturated heterocycles. The zero-order valence-electron chi connectivity index (χ0n) is 12.1. The van der Waals surface area contributed by atoms with Crippen LogP contribution in [0.3, 0.4) is 0 Å². The summed E-state index contributed by atoms with van der Waals surface area (Å²) >= 11 is 0. The van der Waals surface area contributed by atoms with E-state index in [1.54, 1.807) is 18.7 Å². The smallest absolute Gasteiger partial charge is 0.290 e. The lowest BCUT2D eigenvalue weighted by Gasteiger charge is -2.10. The predicted molar refractivity (Wildman–Crippen MR) is 83.8 cm³/mol. The summed E-state index contributed by atoms with van der Waals surface area (Å²) in [5, 5.41) is 0. The molecule has 0 bridgehead atoms. The number of hydrogen-bond donors (Lipinski definition) is 1. The van der Waals surface area contributed by atoms with E-state index in [0.29, 0.717) is 5.69 Å². The Morgan fingerprint density at radius 2 is 1.81 bits per heavy atom. The van der Waals surface area contributed by atoms with Gasteiger partial charge in [0.2, 0.25) is 0 Å². The molecule has 0 unspecified atom stereocenters. The van der Waals surface area contributed by atoms with Crippen LogP contribution in [-0.2, 0) is 23.4 Å². The molecule has 0 amide bonds. The zero-order valence-corrected chi connectivity index (χ0v) is 12.9. The van der Waals surface area contributed by atoms with Crippen molar-refractivity contribution in [1.82, 2.24) is 9.36 Å². The van der Waals surface area contributed by atoms with Crippen LogP contribution in [0.1, 0.15) is 6.92 Å². The fraction of sp³-hybridized carbons (Fsp3) is 0.357. The van der Waals surface area contributed by atoms with E-state index in [2.05, 4.69) is 0 Å². The van der Waals surface area contributed by atoms with Crippen molar-refractivity contribution in [1.29, 1.82) is 0 Å². The first kappa shape index (κ1) is 15.4. The van der Waals surface area contributed by atoms with E-state index >= 15 is 0 Å². The summed E-state index contributed by atoms with van der Waals surface area (Å²) in [6, 6.07) is 9.31. The number of nitrogens with zero attached hydrogens (tertiary/aromatic N) is 2. The van der Waals surface area contributed by atoms with E-state index in [0.717, 1.165) is 5.56 Å². The second kappa shape index (κ2) is 5.77. The van der Waals surface area contributed by atoms with E-state index < -0.39 is 9.84 Å². The normalized spacial score (nSPS) is 11.7. The van der Waals surface area contributed by atoms with Crippen LogP contribution in [0.15, 0.2) is 35.1 Å². The lowest BCUT2D eigenvalue weighted by atomic mass is 10.1. The summed E-state index contributed by atoms with van der Waals surface area (Å²) in [4.78, 5) is 12.2. The molecule has 6 nitrogen and oxygen atoms in total. The largest absolute Gasteiger partial charge is 0.392 e. The van der Waals surface area contributed by atoms with Crippen molar-refractivity contribution in [2.24, 2.45) is 7.05 Å². The number of sulfone groups is 1. The Kier molecular flexibility index (Phi) is 4.22. The minimum absolute atomic E-state index is 0.0627. The number of anilines is 1. The highest BCUT2D eigenvalue weighted by Crippen LogP contribution is 2.22. The maximum absolute atomic E-state index is 12.2. The van der Waals surface area contributed by atoms with Crippen molar-refractivity contribution in [3.63, 3.8) is 0 Å². The molecule has 0 radical (unpaired) electrons. The van der Waals surface area contributed by atoms with Crippen molar-refractivity contribution in [2.75, 3.05) is 17.2 Å². The third-order valence-corrected chi connectivity index (χ3v) is 5.19. The average molecular weight is 309 g/mol. The standard InChI is InChI=1S/C14H19N3O3S/c1-3-21(19,20)10-9-17-14(18)12(15)13(16(17)2)11-7-5-4-6-8-11/h4-8H,3,9-10,15H2,1-2H3. The topological polar surface area (TPSA) is 87.1 Å². The molecule has 2 aromatic rings. The summed E-state index contributed by atoms with van der Waals surface area (Å²) in [6.45, 7) is 1.69. The average Bonchev–Trinajstić information content (AvgIpc) is 2.68. The fourth-order valence-corrected chi connectivity index (χ4v) is 2.97. The van der Waals surface area contributed by atoms with Gasteiger partial charge in [-0.25, -0.2) is 13.1 Å². The van der Waals surface area contributed by atoms with Crippen molar-refractivity contribution in [3.05, 3.63) is 40.7 Å². The first-order valence-corrected chi connectivity index (χ1v) is 8.50. The van der Waals surface area contributed by atoms with Crippen LogP contribution in [0.25, 0.3) is 11.3 Å². The molecule has 0 fully saturated rings. The highest BCUT2D eigenvalue weighted by Gasteiger charge is 2.18. The quantitative estimate of drug-likeness (QED) is 0.888. The van der Waals surface area contributed by atoms with Gasteiger partial charge in [-0.15, -0.1) is 0 Å². The van der Waals surface area contributed by atoms with Crippen LogP contribution < -0.4 is 11.3 Å². The minimum Gasteiger partial charge on any atom is -0.392 e. The van der Waals surface area contributed by atoms with Gasteiger partial charge < -0.3 is 5.73 Å². The van der Waals surface area contributed by atoms with Crippen LogP contribution in [0.2, 0.25) is 0 Å². The first-order chi connectivity index (χ1) is 9.87. The molecule has 0 aliphatic heterocycles. The second-order valence-corrected chi connectivity index (χ2v) is 7.29. The summed E-state index contributed by atoms with van der Waals surface area (Å²) in [5.41, 5.74) is 7.11. The Bertz CT molecular complexity index is 789. The Morgan fingerprint density at radius 3 is 2.38 bits per heavy atom. The lowest BCUT2D eigenvalue weighted by Crippen LogP contribution is -2.27. The van der Waals surface area contributed by atoms with E-state index in [4.69, 9.17) is 5.73 Å². The first-order valence-electron chi connectivity index (χ1n) is 6.68. The minimum atomic E-state index is -3.13. The van der Waals surface area contributed by atoms with Crippen molar-refractivity contribution < 1.29 is 8.42 Å². The van der Waals surface area contributed by atoms with Gasteiger partial charge in [0.25, 0.3) is 5.56 Å². The van der Waals surface area contributed by atoms with Gasteiger partial charge in [0.05, 0.1) is 18.0 Å². The molecular weight excluding hydrogens is 290 g/mol. The Balaban J connectivity index is 2.44. The highest BCUT2D eigenvalue weighted by molar-refractivity contribution is 7.91. The number of nitrogens with two attached hydrogens (primary N) is 1. The van der Waals surface area contributed by atoms with Crippen molar-refractivity contribution in [2.45, 2.75) is 13.5 Å². The van der Waals surface area contributed by atoms with Gasteiger partial charge in [-0.05, 0) is 0 Å². The number of aromatic nitrogens is 2. The Labute approximate surface area is 123 Å². The van der Waals surface area contributed by atoms with Crippen molar-refractivity contribution >= 4 is 15.5 Å². The predicted octanol–water partition coefficient (Wildman–Crippen LogP) is 0.871. The van der Waals surface area contributed by atoms with Gasteiger partial charge in [-0.3, -0.25) is 9.48 Å². The number of rotatable bonds is 5. The molecule has 21 heavy (non-hydrogen) atoms. The summed E-state index contributed by atoms with van der Waals surface area (Å²) < 4.78 is 26.2. The molecule has 0 aliphatic carbocycles. The molecule has 0 spiro atoms. The van der Waals surface area contributed by atoms with Crippen LogP contribution >= 0.6 is 0 Å². The molecule has 0 atom stereocenters. The maximum atomic E-state index is 12.2. The van der Waals surface area contributed by atoms with Gasteiger partial charge in [0.15, 0.2) is 9.84 Å². The molecule has 7 heteroatoms. The lowest BCUT2D eigenvalue weighted by molar-refractivity contribution is 0.516. The van der Waals surface area contributed by atoms with Gasteiger partial charge in [0.1, 0.15) is 5.69 Å². The molecule has 1 aromatic heterocycles. The Morgan fingerprint density at radius 1 is 1.19 bits per heavy atom. The van der Waals surface area contributed by atoms with Crippen LogP contribution in [-0.4, -0.2) is 29.3 Å². The second-order valence-electron chi connectivity index (χ2n) is 4.82. The third kappa shape index (κ3) is 3.02. The zero-order chi connectivity index (χ0) is 15.6. The van der Waals surface area contributed by atoms with Crippen molar-refractivity contribution in [3.8, 4) is 11.3 Å². The molecule has 0 aliphatic rings. The van der Waals surface area contributed by atoms with Gasteiger partial charge in [0, 0.05) is 18.4 Å². The molecule has 2 N–H and O–H groups in total. The van der Waals surface area contributed by atoms with Crippen LogP contribution in [0.4, 0.5) is 5.69 Å². The number of nitrogen functional groups attached to an aromatic ring is 1. The molecule has 0 saturated carbocycles. The molecule has 2 rings (SSSR count). The summed E-state index contributed by atoms with van der Waals surface area (Å²) in [6.07, 6.45) is 0. The van der Waals surface area contributed by atoms with E-state index in [1.165, 1.54) is 4.68 Å². The fourth-order valence-electron chi connectivity index (χ4n) is 2.23. The number of benzene rings is 1. The highest BCUT2D eigenvalue weighted by atomic mass is 32.2. The van der Waals surface area contributed by atoms with Gasteiger partial charge in [-0.1, -0.05) is 37.3 Å². The molecule has 1 aromatic carbocycles. The molecule has 114 valence electrons. The summed E-state index contributed by atoms with van der Waals surface area (Å²) in [5.74, 6) is -0.0118. The van der Waals surface area contributed by atoms with Gasteiger partial charge >= 0.3 is 0 Å². The molecule has 1 heterocycles. The molecular formula is C14H19N3O3S. The SMILES string of the molecule is CCS(=O)(=O)CCn1c(=O)c(N)c(-c2ccccc2)n1C. The van der Waals surface area contributed by atoms with E-state index in [-0.39, 0.29) is 29.3 Å². The summed E-state index contributed by atoms with van der Waals surface area (Å²) in [7, 11) is -1.43. The van der Waals surface area contributed by atoms with Gasteiger partial charge in [-0.2, -0.15) is 0 Å². The van der Waals surface area contributed by atoms with Crippen LogP contribution in [0, 0.1) is 0 Å².